The Hall–Kier alpha value is -1.07. The predicted molar refractivity (Wildman–Crippen MR) is 72.5 cm³/mol. The van der Waals surface area contributed by atoms with Gasteiger partial charge in [0.25, 0.3) is 0 Å². The predicted octanol–water partition coefficient (Wildman–Crippen LogP) is 2.08. The van der Waals surface area contributed by atoms with Gasteiger partial charge in [-0.05, 0) is 37.1 Å². The molecule has 3 N–H and O–H groups in total. The van der Waals surface area contributed by atoms with Gasteiger partial charge in [0, 0.05) is 23.5 Å². The fourth-order valence-electron chi connectivity index (χ4n) is 2.94. The molecule has 5 heteroatoms. The van der Waals surface area contributed by atoms with Crippen molar-refractivity contribution in [2.24, 2.45) is 5.73 Å². The second kappa shape index (κ2) is 4.90. The van der Waals surface area contributed by atoms with Crippen LogP contribution in [-0.4, -0.2) is 29.6 Å². The van der Waals surface area contributed by atoms with Gasteiger partial charge in [0.05, 0.1) is 6.04 Å². The second-order valence-corrected chi connectivity index (χ2v) is 6.22. The van der Waals surface area contributed by atoms with Crippen LogP contribution in [0.25, 0.3) is 0 Å². The van der Waals surface area contributed by atoms with E-state index < -0.39 is 0 Å². The molecule has 2 amide bonds. The fourth-order valence-corrected chi connectivity index (χ4v) is 3.71. The number of rotatable bonds is 2. The van der Waals surface area contributed by atoms with Gasteiger partial charge in [-0.3, -0.25) is 0 Å². The Balaban J connectivity index is 1.66. The van der Waals surface area contributed by atoms with E-state index in [0.29, 0.717) is 12.1 Å². The summed E-state index contributed by atoms with van der Waals surface area (Å²) in [6.07, 6.45) is 4.17. The summed E-state index contributed by atoms with van der Waals surface area (Å²) in [6, 6.07) is 5.11. The number of hydrogen-bond acceptors (Lipinski definition) is 3. The molecule has 1 unspecified atom stereocenters. The molecule has 1 aromatic heterocycles. The molecule has 2 heterocycles. The van der Waals surface area contributed by atoms with Crippen molar-refractivity contribution in [1.82, 2.24) is 10.2 Å². The second-order valence-electron chi connectivity index (χ2n) is 5.24. The van der Waals surface area contributed by atoms with Gasteiger partial charge in [0.2, 0.25) is 0 Å². The Kier molecular flexibility index (Phi) is 3.26. The number of carbonyl (C=O) groups excluding carboxylic acids is 1. The quantitative estimate of drug-likeness (QED) is 0.860. The lowest BCUT2D eigenvalue weighted by atomic mass is 9.91. The molecule has 0 aromatic carbocycles. The Morgan fingerprint density at radius 1 is 1.33 bits per heavy atom. The molecular formula is C13H19N3OS. The van der Waals surface area contributed by atoms with Crippen LogP contribution >= 0.6 is 11.3 Å². The van der Waals surface area contributed by atoms with Gasteiger partial charge >= 0.3 is 6.03 Å². The van der Waals surface area contributed by atoms with Gasteiger partial charge in [0.1, 0.15) is 0 Å². The normalized spacial score (nSPS) is 32.6. The third kappa shape index (κ3) is 2.24. The Bertz CT molecular complexity index is 412. The van der Waals surface area contributed by atoms with Crippen molar-refractivity contribution in [3.8, 4) is 0 Å². The van der Waals surface area contributed by atoms with Gasteiger partial charge in [-0.15, -0.1) is 11.3 Å². The van der Waals surface area contributed by atoms with E-state index in [-0.39, 0.29) is 12.1 Å². The monoisotopic (exact) mass is 265 g/mol. The van der Waals surface area contributed by atoms with Crippen LogP contribution in [0.2, 0.25) is 0 Å². The summed E-state index contributed by atoms with van der Waals surface area (Å²) >= 11 is 1.71. The average molecular weight is 265 g/mol. The first-order valence-electron chi connectivity index (χ1n) is 6.60. The Labute approximate surface area is 111 Å². The molecule has 0 bridgehead atoms. The first-order valence-corrected chi connectivity index (χ1v) is 7.48. The van der Waals surface area contributed by atoms with Crippen LogP contribution < -0.4 is 11.1 Å². The smallest absolute Gasteiger partial charge is 0.318 e. The van der Waals surface area contributed by atoms with Crippen LogP contribution in [0.3, 0.4) is 0 Å². The highest BCUT2D eigenvalue weighted by Crippen LogP contribution is 2.29. The lowest BCUT2D eigenvalue weighted by molar-refractivity contribution is 0.174. The lowest BCUT2D eigenvalue weighted by Gasteiger charge is -2.32. The molecule has 1 atom stereocenters. The number of hydrogen-bond donors (Lipinski definition) is 2. The SMILES string of the molecule is NC1CCC(N2CC(c3cccs3)NC2=O)CC1. The summed E-state index contributed by atoms with van der Waals surface area (Å²) in [5.41, 5.74) is 5.92. The molecule has 98 valence electrons. The van der Waals surface area contributed by atoms with E-state index >= 15 is 0 Å². The molecule has 1 saturated heterocycles. The molecule has 4 nitrogen and oxygen atoms in total. The molecule has 1 aliphatic heterocycles. The molecule has 0 radical (unpaired) electrons. The van der Waals surface area contributed by atoms with Crippen molar-refractivity contribution in [3.05, 3.63) is 22.4 Å². The fraction of sp³-hybridized carbons (Fsp3) is 0.615. The van der Waals surface area contributed by atoms with Crippen LogP contribution in [0.1, 0.15) is 36.6 Å². The molecule has 3 rings (SSSR count). The summed E-state index contributed by atoms with van der Waals surface area (Å²) in [5.74, 6) is 0. The van der Waals surface area contributed by atoms with Gasteiger partial charge < -0.3 is 16.0 Å². The van der Waals surface area contributed by atoms with E-state index in [9.17, 15) is 4.79 Å². The number of thiophene rings is 1. The highest BCUT2D eigenvalue weighted by molar-refractivity contribution is 7.10. The number of carbonyl (C=O) groups is 1. The summed E-state index contributed by atoms with van der Waals surface area (Å²) in [5, 5.41) is 5.14. The van der Waals surface area contributed by atoms with Crippen LogP contribution in [0.4, 0.5) is 4.79 Å². The largest absolute Gasteiger partial charge is 0.329 e. The molecule has 18 heavy (non-hydrogen) atoms. The van der Waals surface area contributed by atoms with Crippen molar-refractivity contribution < 1.29 is 4.79 Å². The minimum absolute atomic E-state index is 0.0915. The summed E-state index contributed by atoms with van der Waals surface area (Å²) in [6.45, 7) is 0.805. The number of urea groups is 1. The first-order chi connectivity index (χ1) is 8.74. The van der Waals surface area contributed by atoms with Crippen LogP contribution in [-0.2, 0) is 0 Å². The maximum Gasteiger partial charge on any atom is 0.318 e. The maximum absolute atomic E-state index is 12.0. The van der Waals surface area contributed by atoms with Gasteiger partial charge in [0.15, 0.2) is 0 Å². The molecule has 1 aromatic rings. The van der Waals surface area contributed by atoms with E-state index in [1.165, 1.54) is 4.88 Å². The Morgan fingerprint density at radius 3 is 2.78 bits per heavy atom. The van der Waals surface area contributed by atoms with Gasteiger partial charge in [-0.2, -0.15) is 0 Å². The first kappa shape index (κ1) is 12.0. The van der Waals surface area contributed by atoms with Crippen LogP contribution in [0, 0.1) is 0 Å². The van der Waals surface area contributed by atoms with Crippen molar-refractivity contribution in [2.75, 3.05) is 6.54 Å². The number of nitrogens with one attached hydrogen (secondary N) is 1. The van der Waals surface area contributed by atoms with Crippen molar-refractivity contribution in [2.45, 2.75) is 43.8 Å². The van der Waals surface area contributed by atoms with E-state index in [2.05, 4.69) is 16.8 Å². The molecule has 1 aliphatic carbocycles. The van der Waals surface area contributed by atoms with E-state index in [4.69, 9.17) is 5.73 Å². The number of nitrogens with zero attached hydrogens (tertiary/aromatic N) is 1. The topological polar surface area (TPSA) is 58.4 Å². The highest BCUT2D eigenvalue weighted by atomic mass is 32.1. The third-order valence-corrected chi connectivity index (χ3v) is 4.99. The minimum Gasteiger partial charge on any atom is -0.329 e. The average Bonchev–Trinajstić information content (AvgIpc) is 2.99. The van der Waals surface area contributed by atoms with Crippen LogP contribution in [0.5, 0.6) is 0 Å². The van der Waals surface area contributed by atoms with Crippen molar-refractivity contribution >= 4 is 17.4 Å². The summed E-state index contributed by atoms with van der Waals surface area (Å²) in [7, 11) is 0. The van der Waals surface area contributed by atoms with Gasteiger partial charge in [-0.1, -0.05) is 6.07 Å². The molecular weight excluding hydrogens is 246 g/mol. The standard InChI is InChI=1S/C13H19N3OS/c14-9-3-5-10(6-4-9)16-8-11(15-13(16)17)12-2-1-7-18-12/h1-2,7,9-11H,3-6,8,14H2,(H,15,17). The third-order valence-electron chi connectivity index (χ3n) is 4.01. The lowest BCUT2D eigenvalue weighted by Crippen LogP contribution is -2.42. The number of nitrogens with two attached hydrogens (primary N) is 1. The maximum atomic E-state index is 12.0. The summed E-state index contributed by atoms with van der Waals surface area (Å²) < 4.78 is 0. The minimum atomic E-state index is 0.0915. The zero-order chi connectivity index (χ0) is 12.5. The van der Waals surface area contributed by atoms with Crippen molar-refractivity contribution in [3.63, 3.8) is 0 Å². The van der Waals surface area contributed by atoms with Crippen LogP contribution in [0.15, 0.2) is 17.5 Å². The van der Waals surface area contributed by atoms with E-state index in [0.717, 1.165) is 32.2 Å². The Morgan fingerprint density at radius 2 is 2.11 bits per heavy atom. The van der Waals surface area contributed by atoms with Crippen molar-refractivity contribution in [1.29, 1.82) is 0 Å². The molecule has 0 spiro atoms. The molecule has 1 saturated carbocycles. The van der Waals surface area contributed by atoms with E-state index in [1.807, 2.05) is 11.0 Å². The summed E-state index contributed by atoms with van der Waals surface area (Å²) in [4.78, 5) is 15.3. The zero-order valence-electron chi connectivity index (χ0n) is 10.3. The number of amides is 2. The highest BCUT2D eigenvalue weighted by Gasteiger charge is 2.36. The van der Waals surface area contributed by atoms with Gasteiger partial charge in [-0.25, -0.2) is 4.79 Å². The zero-order valence-corrected chi connectivity index (χ0v) is 11.2. The molecule has 2 fully saturated rings. The van der Waals surface area contributed by atoms with E-state index in [1.54, 1.807) is 11.3 Å². The molecule has 2 aliphatic rings.